The number of phenolic OH excluding ortho intramolecular Hbond substituents is 1. The molecule has 146 valence electrons. The summed E-state index contributed by atoms with van der Waals surface area (Å²) in [5.41, 5.74) is 0.817. The third kappa shape index (κ3) is 9.58. The van der Waals surface area contributed by atoms with Crippen LogP contribution in [0.3, 0.4) is 0 Å². The number of ether oxygens (including phenoxy) is 1. The predicted molar refractivity (Wildman–Crippen MR) is 103 cm³/mol. The van der Waals surface area contributed by atoms with Crippen LogP contribution in [0, 0.1) is 0 Å². The van der Waals surface area contributed by atoms with Crippen LogP contribution >= 0.6 is 0 Å². The highest BCUT2D eigenvalue weighted by Gasteiger charge is 2.14. The Labute approximate surface area is 156 Å². The first-order valence-corrected chi connectivity index (χ1v) is 10.7. The van der Waals surface area contributed by atoms with E-state index >= 15 is 0 Å². The Morgan fingerprint density at radius 2 is 1.96 bits per heavy atom. The van der Waals surface area contributed by atoms with Gasteiger partial charge in [0.1, 0.15) is 5.75 Å². The molecule has 6 nitrogen and oxygen atoms in total. The predicted octanol–water partition coefficient (Wildman–Crippen LogP) is 3.18. The summed E-state index contributed by atoms with van der Waals surface area (Å²) in [5.74, 6) is -0.00251. The molecule has 0 aliphatic rings. The van der Waals surface area contributed by atoms with Crippen molar-refractivity contribution in [2.24, 2.45) is 0 Å². The SMILES string of the molecule is CCOC(=O)CCCCCCN(C/C=C/c1cccc(O)c1)S(C)(=O)=O. The van der Waals surface area contributed by atoms with E-state index in [9.17, 15) is 18.3 Å². The number of benzene rings is 1. The molecule has 26 heavy (non-hydrogen) atoms. The van der Waals surface area contributed by atoms with Gasteiger partial charge in [0.25, 0.3) is 0 Å². The molecule has 0 unspecified atom stereocenters. The number of hydrogen-bond acceptors (Lipinski definition) is 5. The van der Waals surface area contributed by atoms with Gasteiger partial charge in [0.2, 0.25) is 10.0 Å². The van der Waals surface area contributed by atoms with Crippen LogP contribution in [0.1, 0.15) is 44.6 Å². The second kappa shape index (κ2) is 11.7. The number of nitrogens with zero attached hydrogens (tertiary/aromatic N) is 1. The molecule has 0 aliphatic carbocycles. The lowest BCUT2D eigenvalue weighted by Crippen LogP contribution is -2.31. The van der Waals surface area contributed by atoms with E-state index in [2.05, 4.69) is 0 Å². The summed E-state index contributed by atoms with van der Waals surface area (Å²) in [6.45, 7) is 2.92. The average molecular weight is 384 g/mol. The zero-order valence-electron chi connectivity index (χ0n) is 15.6. The van der Waals surface area contributed by atoms with Gasteiger partial charge in [-0.2, -0.15) is 4.31 Å². The van der Waals surface area contributed by atoms with Gasteiger partial charge in [-0.3, -0.25) is 4.79 Å². The Hall–Kier alpha value is -1.86. The van der Waals surface area contributed by atoms with Gasteiger partial charge >= 0.3 is 5.97 Å². The van der Waals surface area contributed by atoms with E-state index in [4.69, 9.17) is 4.74 Å². The maximum Gasteiger partial charge on any atom is 0.305 e. The van der Waals surface area contributed by atoms with Gasteiger partial charge in [0.05, 0.1) is 12.9 Å². The molecule has 0 atom stereocenters. The Morgan fingerprint density at radius 1 is 1.23 bits per heavy atom. The summed E-state index contributed by atoms with van der Waals surface area (Å²) < 4.78 is 30.1. The van der Waals surface area contributed by atoms with Crippen LogP contribution in [0.15, 0.2) is 30.3 Å². The smallest absolute Gasteiger partial charge is 0.305 e. The van der Waals surface area contributed by atoms with Crippen LogP contribution < -0.4 is 0 Å². The first-order chi connectivity index (χ1) is 12.3. The molecule has 0 aromatic heterocycles. The van der Waals surface area contributed by atoms with Crippen LogP contribution in [-0.2, 0) is 19.6 Å². The number of carbonyl (C=O) groups excluding carboxylic acids is 1. The molecule has 0 bridgehead atoms. The van der Waals surface area contributed by atoms with Crippen LogP contribution in [-0.4, -0.2) is 49.8 Å². The summed E-state index contributed by atoms with van der Waals surface area (Å²) in [7, 11) is -3.28. The third-order valence-electron chi connectivity index (χ3n) is 3.80. The van der Waals surface area contributed by atoms with E-state index in [0.717, 1.165) is 31.2 Å². The summed E-state index contributed by atoms with van der Waals surface area (Å²) in [6, 6.07) is 6.77. The number of hydrogen-bond donors (Lipinski definition) is 1. The highest BCUT2D eigenvalue weighted by Crippen LogP contribution is 2.13. The molecular weight excluding hydrogens is 354 g/mol. The number of carbonyl (C=O) groups is 1. The van der Waals surface area contributed by atoms with Crippen LogP contribution in [0.25, 0.3) is 6.08 Å². The largest absolute Gasteiger partial charge is 0.508 e. The monoisotopic (exact) mass is 383 g/mol. The van der Waals surface area contributed by atoms with Crippen molar-refractivity contribution >= 4 is 22.1 Å². The molecule has 0 fully saturated rings. The van der Waals surface area contributed by atoms with Crippen molar-refractivity contribution < 1.29 is 23.1 Å². The van der Waals surface area contributed by atoms with Gasteiger partial charge in [-0.15, -0.1) is 0 Å². The zero-order valence-corrected chi connectivity index (χ0v) is 16.4. The Morgan fingerprint density at radius 3 is 2.62 bits per heavy atom. The highest BCUT2D eigenvalue weighted by atomic mass is 32.2. The van der Waals surface area contributed by atoms with Gasteiger partial charge in [0.15, 0.2) is 0 Å². The molecule has 0 saturated carbocycles. The average Bonchev–Trinajstić information content (AvgIpc) is 2.55. The van der Waals surface area contributed by atoms with Crippen molar-refractivity contribution in [2.75, 3.05) is 26.0 Å². The van der Waals surface area contributed by atoms with Gasteiger partial charge in [0, 0.05) is 19.5 Å². The molecule has 1 rings (SSSR count). The third-order valence-corrected chi connectivity index (χ3v) is 5.07. The second-order valence-electron chi connectivity index (χ2n) is 6.09. The lowest BCUT2D eigenvalue weighted by atomic mass is 10.1. The Kier molecular flexibility index (Phi) is 9.98. The standard InChI is InChI=1S/C19H29NO5S/c1-3-25-19(22)13-6-4-5-7-14-20(26(2,23)24)15-9-11-17-10-8-12-18(21)16-17/h8-12,16,21H,3-7,13-15H2,1-2H3/b11-9+. The van der Waals surface area contributed by atoms with Crippen LogP contribution in [0.2, 0.25) is 0 Å². The molecule has 1 N–H and O–H groups in total. The number of phenols is 1. The summed E-state index contributed by atoms with van der Waals surface area (Å²) >= 11 is 0. The molecule has 0 radical (unpaired) electrons. The second-order valence-corrected chi connectivity index (χ2v) is 8.07. The number of sulfonamides is 1. The fraction of sp³-hybridized carbons (Fsp3) is 0.526. The number of aromatic hydroxyl groups is 1. The molecule has 1 aromatic rings. The highest BCUT2D eigenvalue weighted by molar-refractivity contribution is 7.88. The lowest BCUT2D eigenvalue weighted by Gasteiger charge is -2.18. The van der Waals surface area contributed by atoms with Gasteiger partial charge in [-0.25, -0.2) is 8.42 Å². The maximum absolute atomic E-state index is 11.9. The summed E-state index contributed by atoms with van der Waals surface area (Å²) in [6.07, 6.45) is 8.42. The molecule has 0 amide bonds. The normalized spacial score (nSPS) is 12.0. The molecule has 7 heteroatoms. The Bertz CT molecular complexity index is 685. The Balaban J connectivity index is 2.37. The summed E-state index contributed by atoms with van der Waals surface area (Å²) in [5, 5.41) is 9.43. The van der Waals surface area contributed by atoms with E-state index in [-0.39, 0.29) is 18.3 Å². The van der Waals surface area contributed by atoms with E-state index in [0.29, 0.717) is 19.6 Å². The van der Waals surface area contributed by atoms with Crippen molar-refractivity contribution in [3.8, 4) is 5.75 Å². The zero-order chi connectivity index (χ0) is 19.4. The fourth-order valence-electron chi connectivity index (χ4n) is 2.47. The lowest BCUT2D eigenvalue weighted by molar-refractivity contribution is -0.143. The number of unbranched alkanes of at least 4 members (excludes halogenated alkanes) is 3. The molecular formula is C19H29NO5S. The van der Waals surface area contributed by atoms with Crippen LogP contribution in [0.4, 0.5) is 0 Å². The number of esters is 1. The number of rotatable bonds is 12. The minimum absolute atomic E-state index is 0.176. The fourth-order valence-corrected chi connectivity index (χ4v) is 3.29. The van der Waals surface area contributed by atoms with Crippen molar-refractivity contribution in [3.63, 3.8) is 0 Å². The first-order valence-electron chi connectivity index (χ1n) is 8.89. The molecule has 0 spiro atoms. The van der Waals surface area contributed by atoms with Crippen molar-refractivity contribution in [1.82, 2.24) is 4.31 Å². The van der Waals surface area contributed by atoms with Gasteiger partial charge < -0.3 is 9.84 Å². The van der Waals surface area contributed by atoms with E-state index in [1.165, 1.54) is 10.6 Å². The van der Waals surface area contributed by atoms with Crippen molar-refractivity contribution in [1.29, 1.82) is 0 Å². The molecule has 0 aliphatic heterocycles. The van der Waals surface area contributed by atoms with E-state index in [1.54, 1.807) is 37.3 Å². The van der Waals surface area contributed by atoms with Crippen LogP contribution in [0.5, 0.6) is 5.75 Å². The minimum atomic E-state index is -3.28. The molecule has 0 saturated heterocycles. The quantitative estimate of drug-likeness (QED) is 0.443. The van der Waals surface area contributed by atoms with E-state index < -0.39 is 10.0 Å². The topological polar surface area (TPSA) is 83.9 Å². The summed E-state index contributed by atoms with van der Waals surface area (Å²) in [4.78, 5) is 11.2. The minimum Gasteiger partial charge on any atom is -0.508 e. The van der Waals surface area contributed by atoms with Gasteiger partial charge in [-0.1, -0.05) is 37.1 Å². The van der Waals surface area contributed by atoms with Crippen molar-refractivity contribution in [3.05, 3.63) is 35.9 Å². The molecule has 0 heterocycles. The molecule has 1 aromatic carbocycles. The maximum atomic E-state index is 11.9. The van der Waals surface area contributed by atoms with Gasteiger partial charge in [-0.05, 0) is 37.5 Å². The van der Waals surface area contributed by atoms with E-state index in [1.807, 2.05) is 6.07 Å². The first kappa shape index (κ1) is 22.2. The van der Waals surface area contributed by atoms with Crippen molar-refractivity contribution in [2.45, 2.75) is 39.0 Å².